The van der Waals surface area contributed by atoms with Crippen LogP contribution in [0.25, 0.3) is 5.52 Å². The third-order valence-electron chi connectivity index (χ3n) is 9.07. The van der Waals surface area contributed by atoms with E-state index in [9.17, 15) is 24.2 Å². The lowest BCUT2D eigenvalue weighted by Gasteiger charge is -2.28. The Hall–Kier alpha value is -4.55. The number of benzene rings is 1. The highest BCUT2D eigenvalue weighted by molar-refractivity contribution is 7.52. The van der Waals surface area contributed by atoms with Crippen LogP contribution >= 0.6 is 7.75 Å². The van der Waals surface area contributed by atoms with Gasteiger partial charge in [0.1, 0.15) is 35.8 Å². The SMILES string of the molecule is CCC(C)(C)CCOC(=O)[C@H](C)NP(=O)(OC[C@H]1O[C@@](C#N)(c2ccc3c(N)ncnn23)[C@H](OC(C)=O)[C@@H]1OC(C)=O)Oc1ccc(C(C)(C)C)cc1. The molecule has 3 N–H and O–H groups in total. The zero-order valence-electron chi connectivity index (χ0n) is 31.6. The number of esters is 3. The van der Waals surface area contributed by atoms with Crippen LogP contribution in [0, 0.1) is 16.7 Å². The number of carbonyl (C=O) groups is 3. The molecule has 17 heteroatoms. The van der Waals surface area contributed by atoms with Gasteiger partial charge >= 0.3 is 25.7 Å². The monoisotopic (exact) mass is 756 g/mol. The van der Waals surface area contributed by atoms with Gasteiger partial charge in [0, 0.05) is 13.8 Å². The molecule has 16 nitrogen and oxygen atoms in total. The highest BCUT2D eigenvalue weighted by Crippen LogP contribution is 2.48. The molecule has 1 aliphatic heterocycles. The van der Waals surface area contributed by atoms with E-state index in [0.717, 1.165) is 25.8 Å². The number of nitrogen functional groups attached to an aromatic ring is 1. The van der Waals surface area contributed by atoms with Gasteiger partial charge in [-0.15, -0.1) is 0 Å². The Morgan fingerprint density at radius 1 is 1.09 bits per heavy atom. The molecule has 0 saturated carbocycles. The summed E-state index contributed by atoms with van der Waals surface area (Å²) in [5, 5.41) is 17.6. The highest BCUT2D eigenvalue weighted by atomic mass is 31.2. The van der Waals surface area contributed by atoms with Gasteiger partial charge in [-0.25, -0.2) is 14.1 Å². The smallest absolute Gasteiger partial charge is 0.459 e. The number of aromatic nitrogens is 3. The van der Waals surface area contributed by atoms with Crippen molar-refractivity contribution in [3.63, 3.8) is 0 Å². The largest absolute Gasteiger partial charge is 0.465 e. The summed E-state index contributed by atoms with van der Waals surface area (Å²) in [5.74, 6) is -2.04. The van der Waals surface area contributed by atoms with E-state index in [4.69, 9.17) is 33.7 Å². The molecule has 1 saturated heterocycles. The third-order valence-corrected chi connectivity index (χ3v) is 10.7. The lowest BCUT2D eigenvalue weighted by atomic mass is 9.87. The Morgan fingerprint density at radius 2 is 1.75 bits per heavy atom. The predicted octanol–water partition coefficient (Wildman–Crippen LogP) is 5.14. The van der Waals surface area contributed by atoms with Crippen LogP contribution < -0.4 is 15.3 Å². The maximum atomic E-state index is 14.6. The molecule has 4 rings (SSSR count). The Bertz CT molecular complexity index is 1890. The molecule has 1 aromatic carbocycles. The third kappa shape index (κ3) is 9.71. The van der Waals surface area contributed by atoms with Crippen LogP contribution in [0.4, 0.5) is 5.82 Å². The van der Waals surface area contributed by atoms with Crippen molar-refractivity contribution in [3.8, 4) is 11.8 Å². The van der Waals surface area contributed by atoms with Crippen LogP contribution in [0.3, 0.4) is 0 Å². The number of hydrogen-bond acceptors (Lipinski definition) is 14. The van der Waals surface area contributed by atoms with Crippen molar-refractivity contribution in [3.05, 3.63) is 54.0 Å². The molecule has 53 heavy (non-hydrogen) atoms. The fourth-order valence-corrected chi connectivity index (χ4v) is 7.11. The number of nitrogens with zero attached hydrogens (tertiary/aromatic N) is 4. The Balaban J connectivity index is 1.69. The molecular formula is C36H49N6O10P. The summed E-state index contributed by atoms with van der Waals surface area (Å²) < 4.78 is 50.7. The molecule has 0 radical (unpaired) electrons. The minimum atomic E-state index is -4.50. The van der Waals surface area contributed by atoms with Gasteiger partial charge in [-0.05, 0) is 54.0 Å². The number of anilines is 1. The summed E-state index contributed by atoms with van der Waals surface area (Å²) in [7, 11) is -4.50. The first-order valence-corrected chi connectivity index (χ1v) is 18.8. The van der Waals surface area contributed by atoms with Crippen molar-refractivity contribution in [2.24, 2.45) is 5.41 Å². The van der Waals surface area contributed by atoms with Gasteiger partial charge in [-0.2, -0.15) is 15.4 Å². The van der Waals surface area contributed by atoms with Crippen LogP contribution in [0.5, 0.6) is 5.75 Å². The first kappa shape index (κ1) is 41.2. The van der Waals surface area contributed by atoms with Crippen LogP contribution in [-0.2, 0) is 53.4 Å². The molecule has 1 aliphatic rings. The van der Waals surface area contributed by atoms with E-state index < -0.39 is 62.2 Å². The number of rotatable bonds is 15. The van der Waals surface area contributed by atoms with Gasteiger partial charge in [-0.1, -0.05) is 60.1 Å². The quantitative estimate of drug-likeness (QED) is 0.117. The second kappa shape index (κ2) is 16.2. The zero-order chi connectivity index (χ0) is 39.4. The summed E-state index contributed by atoms with van der Waals surface area (Å²) in [5.41, 5.74) is 5.05. The van der Waals surface area contributed by atoms with Gasteiger partial charge in [-0.3, -0.25) is 18.9 Å². The molecule has 0 bridgehead atoms. The summed E-state index contributed by atoms with van der Waals surface area (Å²) in [6.07, 6.45) is -1.73. The molecule has 2 aromatic heterocycles. The van der Waals surface area contributed by atoms with Crippen molar-refractivity contribution < 1.29 is 46.9 Å². The molecule has 1 fully saturated rings. The molecule has 3 aromatic rings. The van der Waals surface area contributed by atoms with E-state index in [2.05, 4.69) is 35.1 Å². The van der Waals surface area contributed by atoms with Crippen LogP contribution in [-0.4, -0.2) is 70.1 Å². The van der Waals surface area contributed by atoms with E-state index in [-0.39, 0.29) is 34.7 Å². The summed E-state index contributed by atoms with van der Waals surface area (Å²) >= 11 is 0. The molecular weight excluding hydrogens is 707 g/mol. The topological polar surface area (TPSA) is 216 Å². The second-order valence-electron chi connectivity index (χ2n) is 14.7. The Morgan fingerprint density at radius 3 is 2.34 bits per heavy atom. The fraction of sp³-hybridized carbons (Fsp3) is 0.556. The minimum absolute atomic E-state index is 0.0488. The average molecular weight is 757 g/mol. The number of hydrogen-bond donors (Lipinski definition) is 2. The molecule has 6 atom stereocenters. The molecule has 0 spiro atoms. The average Bonchev–Trinajstić information content (AvgIpc) is 3.63. The van der Waals surface area contributed by atoms with Crippen molar-refractivity contribution in [2.75, 3.05) is 18.9 Å². The number of nitrogens with two attached hydrogens (primary N) is 1. The Labute approximate surface area is 309 Å². The summed E-state index contributed by atoms with van der Waals surface area (Å²) in [6.45, 7) is 15.5. The van der Waals surface area contributed by atoms with E-state index in [1.165, 1.54) is 23.8 Å². The Kier molecular flexibility index (Phi) is 12.6. The zero-order valence-corrected chi connectivity index (χ0v) is 32.5. The maximum Gasteiger partial charge on any atom is 0.459 e. The van der Waals surface area contributed by atoms with E-state index in [1.807, 2.05) is 39.8 Å². The van der Waals surface area contributed by atoms with Gasteiger partial charge in [0.25, 0.3) is 0 Å². The van der Waals surface area contributed by atoms with Gasteiger partial charge in [0.05, 0.1) is 18.9 Å². The van der Waals surface area contributed by atoms with E-state index >= 15 is 0 Å². The van der Waals surface area contributed by atoms with Gasteiger partial charge in [0.15, 0.2) is 18.0 Å². The van der Waals surface area contributed by atoms with E-state index in [1.54, 1.807) is 18.2 Å². The van der Waals surface area contributed by atoms with Crippen molar-refractivity contribution in [1.29, 1.82) is 5.26 Å². The van der Waals surface area contributed by atoms with Crippen LogP contribution in [0.1, 0.15) is 86.4 Å². The standard InChI is InChI=1S/C36H49N6O10P/c1-10-35(8,9)17-18-47-33(45)22(2)41-53(46,52-26-13-11-25(12-14-26)34(5,6)7)48-19-28-30(49-23(3)43)31(50-24(4)44)36(20-37,51-28)29-16-15-27-32(38)39-21-40-42(27)29/h11-16,21-22,28,30-31H,10,17-19H2,1-9H3,(H,41,46)(H2,38,39,40)/t22-,28+,30+,31+,36-,53?/m0/s1. The molecule has 288 valence electrons. The van der Waals surface area contributed by atoms with Crippen molar-refractivity contribution in [1.82, 2.24) is 19.7 Å². The minimum Gasteiger partial charge on any atom is -0.465 e. The molecule has 1 unspecified atom stereocenters. The van der Waals surface area contributed by atoms with Crippen molar-refractivity contribution in [2.45, 2.75) is 111 Å². The highest BCUT2D eigenvalue weighted by Gasteiger charge is 2.62. The lowest BCUT2D eigenvalue weighted by Crippen LogP contribution is -2.45. The summed E-state index contributed by atoms with van der Waals surface area (Å²) in [4.78, 5) is 41.9. The molecule has 3 heterocycles. The summed E-state index contributed by atoms with van der Waals surface area (Å²) in [6, 6.07) is 10.8. The van der Waals surface area contributed by atoms with Gasteiger partial charge < -0.3 is 29.2 Å². The van der Waals surface area contributed by atoms with E-state index in [0.29, 0.717) is 11.9 Å². The number of ether oxygens (including phenoxy) is 4. The molecule has 0 amide bonds. The van der Waals surface area contributed by atoms with Gasteiger partial charge in [0.2, 0.25) is 5.60 Å². The number of nitriles is 1. The first-order valence-electron chi connectivity index (χ1n) is 17.3. The number of nitrogens with one attached hydrogen (secondary N) is 1. The maximum absolute atomic E-state index is 14.6. The van der Waals surface area contributed by atoms with Crippen LogP contribution in [0.2, 0.25) is 0 Å². The predicted molar refractivity (Wildman–Crippen MR) is 192 cm³/mol. The molecule has 0 aliphatic carbocycles. The fourth-order valence-electron chi connectivity index (χ4n) is 5.61. The van der Waals surface area contributed by atoms with Crippen LogP contribution in [0.15, 0.2) is 42.7 Å². The first-order chi connectivity index (χ1) is 24.7. The number of fused-ring (bicyclic) bond motifs is 1. The lowest BCUT2D eigenvalue weighted by molar-refractivity contribution is -0.166. The number of carbonyl (C=O) groups excluding carboxylic acids is 3. The van der Waals surface area contributed by atoms with Crippen molar-refractivity contribution >= 4 is 37.0 Å². The second-order valence-corrected chi connectivity index (χ2v) is 16.4. The normalized spacial score (nSPS) is 22.0.